The van der Waals surface area contributed by atoms with Gasteiger partial charge >= 0.3 is 5.91 Å². The van der Waals surface area contributed by atoms with Crippen molar-refractivity contribution in [2.24, 2.45) is 10.2 Å². The minimum absolute atomic E-state index is 0.0178. The number of halogens is 1. The number of aromatic amines is 1. The normalized spacial score (nSPS) is 14.5. The lowest BCUT2D eigenvalue weighted by atomic mass is 10.0. The summed E-state index contributed by atoms with van der Waals surface area (Å²) < 4.78 is 13.6. The molecule has 1 amide bonds. The second-order valence-corrected chi connectivity index (χ2v) is 7.39. The molecule has 0 bridgehead atoms. The first kappa shape index (κ1) is 20.9. The number of hydrogen-bond donors (Lipinski definition) is 3. The number of nitrogens with zero attached hydrogens (tertiary/aromatic N) is 6. The number of amides is 1. The molecule has 0 saturated carbocycles. The highest BCUT2D eigenvalue weighted by Gasteiger charge is 2.31. The number of carbonyl (C=O) groups excluding carboxylic acids is 1. The van der Waals surface area contributed by atoms with E-state index in [2.05, 4.69) is 36.3 Å². The average molecular weight is 456 g/mol. The minimum Gasteiger partial charge on any atom is -0.507 e. The van der Waals surface area contributed by atoms with Crippen molar-refractivity contribution in [2.75, 3.05) is 10.4 Å². The molecular formula is C23H17FN8O2. The van der Waals surface area contributed by atoms with E-state index in [1.165, 1.54) is 18.2 Å². The van der Waals surface area contributed by atoms with E-state index in [9.17, 15) is 14.3 Å². The molecule has 168 valence electrons. The average Bonchev–Trinajstić information content (AvgIpc) is 3.46. The predicted molar refractivity (Wildman–Crippen MR) is 125 cm³/mol. The molecule has 2 heterocycles. The van der Waals surface area contributed by atoms with Crippen LogP contribution in [0.3, 0.4) is 0 Å². The Bertz CT molecular complexity index is 1450. The Kier molecular flexibility index (Phi) is 5.26. The molecule has 1 aliphatic rings. The van der Waals surface area contributed by atoms with Gasteiger partial charge in [-0.15, -0.1) is 5.10 Å². The van der Waals surface area contributed by atoms with Gasteiger partial charge in [-0.05, 0) is 59.3 Å². The van der Waals surface area contributed by atoms with Gasteiger partial charge in [0.2, 0.25) is 0 Å². The number of hydrazone groups is 2. The summed E-state index contributed by atoms with van der Waals surface area (Å²) in [7, 11) is 0. The summed E-state index contributed by atoms with van der Waals surface area (Å²) in [6, 6.07) is 18.0. The van der Waals surface area contributed by atoms with Gasteiger partial charge in [-0.2, -0.15) is 15.2 Å². The van der Waals surface area contributed by atoms with Crippen molar-refractivity contribution in [1.29, 1.82) is 0 Å². The number of phenols is 1. The molecule has 0 saturated heterocycles. The maximum Gasteiger partial charge on any atom is 0.301 e. The largest absolute Gasteiger partial charge is 0.507 e. The molecule has 4 aromatic rings. The fraction of sp³-hybridized carbons (Fsp3) is 0.0435. The van der Waals surface area contributed by atoms with Gasteiger partial charge in [-0.3, -0.25) is 10.2 Å². The monoisotopic (exact) mass is 456 g/mol. The molecule has 0 spiro atoms. The first-order chi connectivity index (χ1) is 16.5. The van der Waals surface area contributed by atoms with Crippen LogP contribution in [0.1, 0.15) is 6.92 Å². The highest BCUT2D eigenvalue weighted by Crippen LogP contribution is 2.37. The zero-order valence-corrected chi connectivity index (χ0v) is 17.8. The number of aromatic nitrogens is 4. The quantitative estimate of drug-likeness (QED) is 0.394. The number of H-pyrrole nitrogens is 1. The van der Waals surface area contributed by atoms with E-state index in [1.807, 2.05) is 6.07 Å². The first-order valence-electron chi connectivity index (χ1n) is 10.2. The number of nitrogens with one attached hydrogen (secondary N) is 2. The lowest BCUT2D eigenvalue weighted by Gasteiger charge is -2.11. The van der Waals surface area contributed by atoms with Crippen LogP contribution in [0.25, 0.3) is 22.5 Å². The molecule has 0 unspecified atom stereocenters. The van der Waals surface area contributed by atoms with Crippen LogP contribution >= 0.6 is 0 Å². The predicted octanol–water partition coefficient (Wildman–Crippen LogP) is 3.57. The van der Waals surface area contributed by atoms with Crippen molar-refractivity contribution >= 4 is 28.7 Å². The van der Waals surface area contributed by atoms with Crippen molar-refractivity contribution in [1.82, 2.24) is 20.6 Å². The van der Waals surface area contributed by atoms with Gasteiger partial charge in [0.25, 0.3) is 0 Å². The van der Waals surface area contributed by atoms with E-state index >= 15 is 0 Å². The van der Waals surface area contributed by atoms with E-state index < -0.39 is 11.7 Å². The third-order valence-corrected chi connectivity index (χ3v) is 5.15. The van der Waals surface area contributed by atoms with Crippen LogP contribution in [0.4, 0.5) is 15.8 Å². The molecule has 34 heavy (non-hydrogen) atoms. The van der Waals surface area contributed by atoms with E-state index in [0.29, 0.717) is 39.6 Å². The lowest BCUT2D eigenvalue weighted by Crippen LogP contribution is -2.28. The molecule has 3 N–H and O–H groups in total. The minimum atomic E-state index is -0.474. The number of phenolic OH excluding ortho intramolecular Hbond substituents is 1. The van der Waals surface area contributed by atoms with Crippen LogP contribution in [0, 0.1) is 5.82 Å². The fourth-order valence-electron chi connectivity index (χ4n) is 3.53. The molecule has 0 fully saturated rings. The zero-order chi connectivity index (χ0) is 23.7. The van der Waals surface area contributed by atoms with Gasteiger partial charge in [0.05, 0.1) is 22.6 Å². The maximum atomic E-state index is 13.6. The fourth-order valence-corrected chi connectivity index (χ4v) is 3.53. The maximum absolute atomic E-state index is 13.6. The summed E-state index contributed by atoms with van der Waals surface area (Å²) in [6.45, 7) is 1.65. The molecule has 3 aromatic carbocycles. The van der Waals surface area contributed by atoms with Crippen molar-refractivity contribution < 1.29 is 14.3 Å². The molecular weight excluding hydrogens is 439 g/mol. The molecule has 1 aliphatic heterocycles. The Hall–Kier alpha value is -4.93. The van der Waals surface area contributed by atoms with Crippen LogP contribution in [-0.2, 0) is 4.79 Å². The summed E-state index contributed by atoms with van der Waals surface area (Å²) in [6.07, 6.45) is 0. The number of anilines is 2. The van der Waals surface area contributed by atoms with Crippen LogP contribution in [0.5, 0.6) is 5.75 Å². The molecule has 0 aliphatic carbocycles. The van der Waals surface area contributed by atoms with Crippen LogP contribution in [0.15, 0.2) is 76.9 Å². The zero-order valence-electron chi connectivity index (χ0n) is 17.8. The van der Waals surface area contributed by atoms with Gasteiger partial charge < -0.3 is 5.11 Å². The van der Waals surface area contributed by atoms with Crippen LogP contribution in [0.2, 0.25) is 0 Å². The Morgan fingerprint density at radius 2 is 1.85 bits per heavy atom. The van der Waals surface area contributed by atoms with E-state index in [-0.39, 0.29) is 11.5 Å². The Morgan fingerprint density at radius 3 is 2.65 bits per heavy atom. The number of tetrazole rings is 1. The molecule has 10 nitrogen and oxygen atoms in total. The highest BCUT2D eigenvalue weighted by molar-refractivity contribution is 6.71. The van der Waals surface area contributed by atoms with E-state index in [0.717, 1.165) is 5.01 Å². The second kappa shape index (κ2) is 8.54. The van der Waals surface area contributed by atoms with Crippen LogP contribution < -0.4 is 10.4 Å². The standard InChI is InChI=1S/C23H17FN8O2/c1-13-20(23(34)32(29-13)17-8-3-6-15(24)12-17)26-25-16-7-2-5-14(11-16)18-9-4-10-19(21(18)33)22-27-30-31-28-22/h2-12,25,33H,1H3,(H,27,28,30,31)/b26-20-. The van der Waals surface area contributed by atoms with Crippen molar-refractivity contribution in [2.45, 2.75) is 6.92 Å². The third-order valence-electron chi connectivity index (χ3n) is 5.15. The van der Waals surface area contributed by atoms with Crippen LogP contribution in [-0.4, -0.2) is 43.1 Å². The SMILES string of the molecule is CC1=NN(c2cccc(F)c2)C(=O)/C1=N\Nc1cccc(-c2cccc(-c3nnn[nH]3)c2O)c1. The Morgan fingerprint density at radius 1 is 1.06 bits per heavy atom. The molecule has 0 radical (unpaired) electrons. The molecule has 0 atom stereocenters. The molecule has 5 rings (SSSR count). The molecule has 11 heteroatoms. The van der Waals surface area contributed by atoms with Gasteiger partial charge in [0.1, 0.15) is 11.6 Å². The van der Waals surface area contributed by atoms with E-state index in [4.69, 9.17) is 0 Å². The van der Waals surface area contributed by atoms with Gasteiger partial charge in [0.15, 0.2) is 11.5 Å². The van der Waals surface area contributed by atoms with Crippen molar-refractivity contribution in [3.63, 3.8) is 0 Å². The number of rotatable bonds is 5. The third kappa shape index (κ3) is 3.86. The number of aromatic hydroxyl groups is 1. The summed E-state index contributed by atoms with van der Waals surface area (Å²) >= 11 is 0. The number of para-hydroxylation sites is 1. The summed E-state index contributed by atoms with van der Waals surface area (Å²) in [4.78, 5) is 12.8. The summed E-state index contributed by atoms with van der Waals surface area (Å²) in [5, 5.41) is 33.9. The smallest absolute Gasteiger partial charge is 0.301 e. The highest BCUT2D eigenvalue weighted by atomic mass is 19.1. The first-order valence-corrected chi connectivity index (χ1v) is 10.2. The topological polar surface area (TPSA) is 132 Å². The van der Waals surface area contributed by atoms with Crippen molar-refractivity contribution in [3.05, 3.63) is 72.5 Å². The molecule has 1 aromatic heterocycles. The van der Waals surface area contributed by atoms with Gasteiger partial charge in [0, 0.05) is 5.56 Å². The van der Waals surface area contributed by atoms with E-state index in [1.54, 1.807) is 49.4 Å². The number of carbonyl (C=O) groups is 1. The lowest BCUT2D eigenvalue weighted by molar-refractivity contribution is -0.112. The van der Waals surface area contributed by atoms with Gasteiger partial charge in [-0.25, -0.2) is 9.49 Å². The number of benzene rings is 3. The Labute approximate surface area is 192 Å². The van der Waals surface area contributed by atoms with Gasteiger partial charge in [-0.1, -0.05) is 30.3 Å². The van der Waals surface area contributed by atoms with Crippen molar-refractivity contribution in [3.8, 4) is 28.3 Å². The number of hydrogen-bond acceptors (Lipinski definition) is 8. The second-order valence-electron chi connectivity index (χ2n) is 7.39. The summed E-state index contributed by atoms with van der Waals surface area (Å²) in [5.74, 6) is -0.579. The summed E-state index contributed by atoms with van der Waals surface area (Å²) in [5.41, 5.74) is 6.00. The Balaban J connectivity index is 1.40.